The lowest BCUT2D eigenvalue weighted by atomic mass is 10.1. The van der Waals surface area contributed by atoms with Crippen LogP contribution >= 0.6 is 11.6 Å². The van der Waals surface area contributed by atoms with Crippen LogP contribution in [0, 0.1) is 0 Å². The van der Waals surface area contributed by atoms with E-state index in [4.69, 9.17) is 16.3 Å². The SMILES string of the molecule is CCNc1ccc(Cl)cc1C(=O)Nc1ccc(OC)nc1. The number of hydrogen-bond acceptors (Lipinski definition) is 4. The molecule has 2 N–H and O–H groups in total. The summed E-state index contributed by atoms with van der Waals surface area (Å²) in [6.45, 7) is 2.68. The fourth-order valence-electron chi connectivity index (χ4n) is 1.82. The first-order valence-electron chi connectivity index (χ1n) is 6.49. The van der Waals surface area contributed by atoms with Crippen LogP contribution in [0.1, 0.15) is 17.3 Å². The molecule has 21 heavy (non-hydrogen) atoms. The van der Waals surface area contributed by atoms with Gasteiger partial charge in [-0.05, 0) is 31.2 Å². The van der Waals surface area contributed by atoms with Crippen LogP contribution in [0.15, 0.2) is 36.5 Å². The van der Waals surface area contributed by atoms with Crippen molar-refractivity contribution in [3.05, 3.63) is 47.1 Å². The van der Waals surface area contributed by atoms with E-state index in [0.717, 1.165) is 5.69 Å². The number of aromatic nitrogens is 1. The fourth-order valence-corrected chi connectivity index (χ4v) is 1.99. The van der Waals surface area contributed by atoms with E-state index in [0.29, 0.717) is 28.7 Å². The minimum absolute atomic E-state index is 0.250. The molecule has 0 saturated carbocycles. The van der Waals surface area contributed by atoms with Gasteiger partial charge in [0.05, 0.1) is 24.6 Å². The highest BCUT2D eigenvalue weighted by Gasteiger charge is 2.12. The number of halogens is 1. The molecule has 0 atom stereocenters. The number of ether oxygens (including phenoxy) is 1. The molecule has 0 radical (unpaired) electrons. The standard InChI is InChI=1S/C15H16ClN3O2/c1-3-17-13-6-4-10(16)8-12(13)15(20)19-11-5-7-14(21-2)18-9-11/h4-9,17H,3H2,1-2H3,(H,19,20). The first kappa shape index (κ1) is 15.1. The van der Waals surface area contributed by atoms with Crippen LogP contribution in [-0.4, -0.2) is 24.5 Å². The fraction of sp³-hybridized carbons (Fsp3) is 0.200. The third-order valence-electron chi connectivity index (χ3n) is 2.80. The number of hydrogen-bond donors (Lipinski definition) is 2. The number of nitrogens with one attached hydrogen (secondary N) is 2. The lowest BCUT2D eigenvalue weighted by molar-refractivity contribution is 0.102. The van der Waals surface area contributed by atoms with Gasteiger partial charge < -0.3 is 15.4 Å². The van der Waals surface area contributed by atoms with E-state index < -0.39 is 0 Å². The number of carbonyl (C=O) groups excluding carboxylic acids is 1. The molecule has 0 aliphatic heterocycles. The molecule has 0 unspecified atom stereocenters. The van der Waals surface area contributed by atoms with Gasteiger partial charge in [0.2, 0.25) is 5.88 Å². The molecule has 5 nitrogen and oxygen atoms in total. The summed E-state index contributed by atoms with van der Waals surface area (Å²) >= 11 is 5.97. The highest BCUT2D eigenvalue weighted by atomic mass is 35.5. The molecule has 1 aromatic heterocycles. The van der Waals surface area contributed by atoms with Gasteiger partial charge in [-0.25, -0.2) is 4.98 Å². The average molecular weight is 306 g/mol. The van der Waals surface area contributed by atoms with Crippen LogP contribution in [0.4, 0.5) is 11.4 Å². The van der Waals surface area contributed by atoms with Gasteiger partial charge in [0.15, 0.2) is 0 Å². The molecule has 0 aliphatic carbocycles. The number of rotatable bonds is 5. The topological polar surface area (TPSA) is 63.2 Å². The number of methoxy groups -OCH3 is 1. The monoisotopic (exact) mass is 305 g/mol. The van der Waals surface area contributed by atoms with Gasteiger partial charge in [0, 0.05) is 23.3 Å². The summed E-state index contributed by atoms with van der Waals surface area (Å²) < 4.78 is 4.97. The van der Waals surface area contributed by atoms with Crippen molar-refractivity contribution in [2.24, 2.45) is 0 Å². The largest absolute Gasteiger partial charge is 0.481 e. The minimum Gasteiger partial charge on any atom is -0.481 e. The molecular formula is C15H16ClN3O2. The van der Waals surface area contributed by atoms with E-state index in [2.05, 4.69) is 15.6 Å². The summed E-state index contributed by atoms with van der Waals surface area (Å²) in [5.74, 6) is 0.240. The van der Waals surface area contributed by atoms with E-state index in [1.807, 2.05) is 6.92 Å². The second-order valence-electron chi connectivity index (χ2n) is 4.26. The highest BCUT2D eigenvalue weighted by molar-refractivity contribution is 6.31. The quantitative estimate of drug-likeness (QED) is 0.888. The van der Waals surface area contributed by atoms with Crippen molar-refractivity contribution in [1.82, 2.24) is 4.98 Å². The molecule has 2 aromatic rings. The van der Waals surface area contributed by atoms with E-state index in [-0.39, 0.29) is 5.91 Å². The van der Waals surface area contributed by atoms with Crippen LogP contribution < -0.4 is 15.4 Å². The second-order valence-corrected chi connectivity index (χ2v) is 4.70. The third kappa shape index (κ3) is 3.86. The van der Waals surface area contributed by atoms with Gasteiger partial charge in [-0.3, -0.25) is 4.79 Å². The van der Waals surface area contributed by atoms with Gasteiger partial charge >= 0.3 is 0 Å². The van der Waals surface area contributed by atoms with Gasteiger partial charge in [-0.2, -0.15) is 0 Å². The van der Waals surface area contributed by atoms with Crippen molar-refractivity contribution in [2.45, 2.75) is 6.92 Å². The Bertz CT molecular complexity index is 629. The predicted molar refractivity (Wildman–Crippen MR) is 84.4 cm³/mol. The van der Waals surface area contributed by atoms with Crippen molar-refractivity contribution in [1.29, 1.82) is 0 Å². The number of anilines is 2. The molecule has 0 bridgehead atoms. The highest BCUT2D eigenvalue weighted by Crippen LogP contribution is 2.22. The zero-order chi connectivity index (χ0) is 15.2. The summed E-state index contributed by atoms with van der Waals surface area (Å²) in [4.78, 5) is 16.4. The maximum absolute atomic E-state index is 12.3. The van der Waals surface area contributed by atoms with E-state index in [1.54, 1.807) is 30.3 Å². The molecule has 0 saturated heterocycles. The van der Waals surface area contributed by atoms with Crippen LogP contribution in [0.25, 0.3) is 0 Å². The molecule has 110 valence electrons. The van der Waals surface area contributed by atoms with Crippen molar-refractivity contribution >= 4 is 28.9 Å². The summed E-state index contributed by atoms with van der Waals surface area (Å²) in [6, 6.07) is 8.56. The smallest absolute Gasteiger partial charge is 0.257 e. The molecule has 2 rings (SSSR count). The normalized spacial score (nSPS) is 10.0. The van der Waals surface area contributed by atoms with Crippen molar-refractivity contribution in [3.63, 3.8) is 0 Å². The van der Waals surface area contributed by atoms with Crippen molar-refractivity contribution in [2.75, 3.05) is 24.3 Å². The van der Waals surface area contributed by atoms with E-state index in [1.165, 1.54) is 13.3 Å². The van der Waals surface area contributed by atoms with Gasteiger partial charge in [-0.15, -0.1) is 0 Å². The Balaban J connectivity index is 2.20. The van der Waals surface area contributed by atoms with Crippen LogP contribution in [0.5, 0.6) is 5.88 Å². The molecule has 1 heterocycles. The maximum Gasteiger partial charge on any atom is 0.257 e. The second kappa shape index (κ2) is 6.95. The van der Waals surface area contributed by atoms with Crippen LogP contribution in [-0.2, 0) is 0 Å². The van der Waals surface area contributed by atoms with Crippen molar-refractivity contribution < 1.29 is 9.53 Å². The Labute approximate surface area is 128 Å². The summed E-state index contributed by atoms with van der Waals surface area (Å²) in [7, 11) is 1.54. The Morgan fingerprint density at radius 1 is 1.33 bits per heavy atom. The maximum atomic E-state index is 12.3. The number of pyridine rings is 1. The number of nitrogens with zero attached hydrogens (tertiary/aromatic N) is 1. The van der Waals surface area contributed by atoms with Gasteiger partial charge in [-0.1, -0.05) is 11.6 Å². The van der Waals surface area contributed by atoms with E-state index >= 15 is 0 Å². The third-order valence-corrected chi connectivity index (χ3v) is 3.03. The Kier molecular flexibility index (Phi) is 5.00. The zero-order valence-electron chi connectivity index (χ0n) is 11.8. The van der Waals surface area contributed by atoms with Gasteiger partial charge in [0.25, 0.3) is 5.91 Å². The number of benzene rings is 1. The molecule has 6 heteroatoms. The molecule has 0 spiro atoms. The summed E-state index contributed by atoms with van der Waals surface area (Å²) in [5.41, 5.74) is 1.81. The first-order chi connectivity index (χ1) is 10.1. The summed E-state index contributed by atoms with van der Waals surface area (Å²) in [6.07, 6.45) is 1.54. The zero-order valence-corrected chi connectivity index (χ0v) is 12.6. The van der Waals surface area contributed by atoms with Crippen LogP contribution in [0.3, 0.4) is 0 Å². The number of carbonyl (C=O) groups is 1. The molecule has 0 fully saturated rings. The Morgan fingerprint density at radius 3 is 2.76 bits per heavy atom. The molecule has 1 amide bonds. The Morgan fingerprint density at radius 2 is 2.14 bits per heavy atom. The molecule has 1 aromatic carbocycles. The van der Waals surface area contributed by atoms with Crippen LogP contribution in [0.2, 0.25) is 5.02 Å². The minimum atomic E-state index is -0.250. The number of amides is 1. The molecular weight excluding hydrogens is 290 g/mol. The lowest BCUT2D eigenvalue weighted by Gasteiger charge is -2.11. The van der Waals surface area contributed by atoms with Gasteiger partial charge in [0.1, 0.15) is 0 Å². The molecule has 0 aliphatic rings. The first-order valence-corrected chi connectivity index (χ1v) is 6.86. The average Bonchev–Trinajstić information content (AvgIpc) is 2.50. The predicted octanol–water partition coefficient (Wildman–Crippen LogP) is 3.43. The lowest BCUT2D eigenvalue weighted by Crippen LogP contribution is -2.15. The van der Waals surface area contributed by atoms with Crippen molar-refractivity contribution in [3.8, 4) is 5.88 Å². The summed E-state index contributed by atoms with van der Waals surface area (Å²) in [5, 5.41) is 6.42. The Hall–Kier alpha value is -2.27. The van der Waals surface area contributed by atoms with E-state index in [9.17, 15) is 4.79 Å².